The number of hydrogen-bond donors (Lipinski definition) is 0. The SMILES string of the molecule is C=CC1(C)c2ccccc2N2c3cncnc3N(C)C2C1(C)C1N(c2ccccc2C)N=C(c2ccccc2)N1c1ccccc1. The number of amidine groups is 1. The van der Waals surface area contributed by atoms with E-state index in [1.165, 1.54) is 5.56 Å². The molecule has 0 bridgehead atoms. The molecule has 4 atom stereocenters. The Morgan fingerprint density at radius 2 is 1.39 bits per heavy atom. The van der Waals surface area contributed by atoms with Crippen molar-refractivity contribution in [2.75, 3.05) is 26.8 Å². The minimum Gasteiger partial charge on any atom is -0.336 e. The number of fused-ring (bicyclic) bond motifs is 5. The second-order valence-electron chi connectivity index (χ2n) is 12.8. The van der Waals surface area contributed by atoms with E-state index in [1.807, 2.05) is 6.20 Å². The van der Waals surface area contributed by atoms with Gasteiger partial charge in [-0.05, 0) is 42.3 Å². The van der Waals surface area contributed by atoms with Gasteiger partial charge >= 0.3 is 0 Å². The van der Waals surface area contributed by atoms with Crippen molar-refractivity contribution in [1.82, 2.24) is 9.97 Å². The fourth-order valence-corrected chi connectivity index (χ4v) is 8.12. The van der Waals surface area contributed by atoms with Crippen LogP contribution >= 0.6 is 0 Å². The molecule has 0 aliphatic carbocycles. The Morgan fingerprint density at radius 1 is 0.739 bits per heavy atom. The zero-order valence-corrected chi connectivity index (χ0v) is 26.6. The molecular weight excluding hydrogens is 566 g/mol. The van der Waals surface area contributed by atoms with Crippen molar-refractivity contribution in [3.63, 3.8) is 0 Å². The molecule has 228 valence electrons. The maximum atomic E-state index is 5.57. The first-order valence-electron chi connectivity index (χ1n) is 15.8. The summed E-state index contributed by atoms with van der Waals surface area (Å²) >= 11 is 0. The smallest absolute Gasteiger partial charge is 0.162 e. The van der Waals surface area contributed by atoms with E-state index in [4.69, 9.17) is 10.1 Å². The molecule has 7 heteroatoms. The second-order valence-corrected chi connectivity index (χ2v) is 12.8. The van der Waals surface area contributed by atoms with E-state index in [9.17, 15) is 0 Å². The van der Waals surface area contributed by atoms with Crippen molar-refractivity contribution >= 4 is 34.4 Å². The molecule has 0 saturated heterocycles. The van der Waals surface area contributed by atoms with E-state index >= 15 is 0 Å². The van der Waals surface area contributed by atoms with Crippen molar-refractivity contribution in [1.29, 1.82) is 0 Å². The van der Waals surface area contributed by atoms with Crippen molar-refractivity contribution in [2.24, 2.45) is 10.5 Å². The van der Waals surface area contributed by atoms with Gasteiger partial charge in [-0.15, -0.1) is 6.58 Å². The van der Waals surface area contributed by atoms with Crippen LogP contribution in [0.3, 0.4) is 0 Å². The lowest BCUT2D eigenvalue weighted by Crippen LogP contribution is -2.71. The number of aromatic nitrogens is 2. The minimum absolute atomic E-state index is 0.162. The summed E-state index contributed by atoms with van der Waals surface area (Å²) in [5.74, 6) is 1.81. The Morgan fingerprint density at radius 3 is 2.11 bits per heavy atom. The van der Waals surface area contributed by atoms with Crippen LogP contribution in [0.25, 0.3) is 0 Å². The molecule has 46 heavy (non-hydrogen) atoms. The van der Waals surface area contributed by atoms with Crippen molar-refractivity contribution in [2.45, 2.75) is 38.5 Å². The Bertz CT molecular complexity index is 1980. The Labute approximate surface area is 270 Å². The van der Waals surface area contributed by atoms with Gasteiger partial charge in [-0.3, -0.25) is 0 Å². The summed E-state index contributed by atoms with van der Waals surface area (Å²) in [6.07, 6.45) is 5.29. The molecule has 0 N–H and O–H groups in total. The maximum absolute atomic E-state index is 5.57. The number of anilines is 5. The molecule has 0 saturated carbocycles. The van der Waals surface area contributed by atoms with Crippen LogP contribution in [0, 0.1) is 12.3 Å². The van der Waals surface area contributed by atoms with Gasteiger partial charge in [-0.2, -0.15) is 5.10 Å². The van der Waals surface area contributed by atoms with Gasteiger partial charge in [0.25, 0.3) is 0 Å². The lowest BCUT2D eigenvalue weighted by molar-refractivity contribution is 0.106. The number of hydrazone groups is 1. The lowest BCUT2D eigenvalue weighted by Gasteiger charge is -2.61. The van der Waals surface area contributed by atoms with E-state index in [0.29, 0.717) is 0 Å². The number of hydrogen-bond acceptors (Lipinski definition) is 7. The van der Waals surface area contributed by atoms with Gasteiger partial charge in [0.2, 0.25) is 0 Å². The lowest BCUT2D eigenvalue weighted by atomic mass is 9.55. The van der Waals surface area contributed by atoms with Crippen LogP contribution in [0.2, 0.25) is 0 Å². The molecule has 4 heterocycles. The molecule has 5 aromatic rings. The third-order valence-corrected chi connectivity index (χ3v) is 10.5. The Kier molecular flexibility index (Phi) is 6.29. The van der Waals surface area contributed by atoms with E-state index in [2.05, 4.69) is 174 Å². The first-order valence-corrected chi connectivity index (χ1v) is 15.8. The molecule has 7 nitrogen and oxygen atoms in total. The summed E-state index contributed by atoms with van der Waals surface area (Å²) in [7, 11) is 2.16. The zero-order valence-electron chi connectivity index (χ0n) is 26.6. The summed E-state index contributed by atoms with van der Waals surface area (Å²) < 4.78 is 0. The average Bonchev–Trinajstić information content (AvgIpc) is 3.65. The Hall–Kier alpha value is -5.43. The van der Waals surface area contributed by atoms with Gasteiger partial charge < -0.3 is 14.7 Å². The van der Waals surface area contributed by atoms with Gasteiger partial charge in [0.1, 0.15) is 24.3 Å². The maximum Gasteiger partial charge on any atom is 0.162 e. The van der Waals surface area contributed by atoms with Crippen molar-refractivity contribution in [3.05, 3.63) is 151 Å². The van der Waals surface area contributed by atoms with E-state index in [0.717, 1.165) is 45.5 Å². The van der Waals surface area contributed by atoms with E-state index < -0.39 is 10.8 Å². The standard InChI is InChI=1S/C39H37N7/c1-6-38(3)30-22-14-16-24-32(30)45-33-25-40-26-41-35(33)43(5)36(45)39(38,4)37-44(29-20-11-8-12-21-29)34(28-18-9-7-10-19-28)42-46(37)31-23-15-13-17-27(31)2/h6-26,36-37H,1H2,2-5H3. The average molecular weight is 604 g/mol. The predicted octanol–water partition coefficient (Wildman–Crippen LogP) is 7.88. The molecule has 0 radical (unpaired) electrons. The number of rotatable bonds is 5. The van der Waals surface area contributed by atoms with Crippen LogP contribution in [-0.2, 0) is 5.41 Å². The van der Waals surface area contributed by atoms with Crippen LogP contribution in [-0.4, -0.2) is 35.2 Å². The highest BCUT2D eigenvalue weighted by atomic mass is 15.6. The number of nitrogens with zero attached hydrogens (tertiary/aromatic N) is 7. The van der Waals surface area contributed by atoms with E-state index in [1.54, 1.807) is 6.33 Å². The number of benzene rings is 4. The fraction of sp³-hybridized carbons (Fsp3) is 0.205. The van der Waals surface area contributed by atoms with Gasteiger partial charge in [0.15, 0.2) is 11.7 Å². The molecule has 4 aromatic carbocycles. The molecule has 4 unspecified atom stereocenters. The fourth-order valence-electron chi connectivity index (χ4n) is 8.12. The third kappa shape index (κ3) is 3.68. The quantitative estimate of drug-likeness (QED) is 0.191. The van der Waals surface area contributed by atoms with Crippen LogP contribution in [0.15, 0.2) is 139 Å². The highest BCUT2D eigenvalue weighted by molar-refractivity contribution is 6.13. The summed E-state index contributed by atoms with van der Waals surface area (Å²) in [4.78, 5) is 16.5. The van der Waals surface area contributed by atoms with Gasteiger partial charge in [-0.25, -0.2) is 15.0 Å². The normalized spacial score (nSPS) is 24.7. The first-order chi connectivity index (χ1) is 22.4. The Balaban J connectivity index is 1.47. The third-order valence-electron chi connectivity index (χ3n) is 10.5. The molecule has 0 fully saturated rings. The van der Waals surface area contributed by atoms with Crippen LogP contribution in [0.4, 0.5) is 28.6 Å². The van der Waals surface area contributed by atoms with Crippen LogP contribution < -0.4 is 19.7 Å². The highest BCUT2D eigenvalue weighted by Gasteiger charge is 2.67. The summed E-state index contributed by atoms with van der Waals surface area (Å²) in [6, 6.07) is 38.5. The molecule has 3 aliphatic rings. The van der Waals surface area contributed by atoms with Crippen molar-refractivity contribution in [3.8, 4) is 0 Å². The largest absolute Gasteiger partial charge is 0.336 e. The highest BCUT2D eigenvalue weighted by Crippen LogP contribution is 2.64. The summed E-state index contributed by atoms with van der Waals surface area (Å²) in [5, 5.41) is 7.83. The van der Waals surface area contributed by atoms with Gasteiger partial charge in [0.05, 0.1) is 17.3 Å². The van der Waals surface area contributed by atoms with E-state index in [-0.39, 0.29) is 12.3 Å². The topological polar surface area (TPSA) is 51.1 Å². The van der Waals surface area contributed by atoms with Crippen molar-refractivity contribution < 1.29 is 0 Å². The van der Waals surface area contributed by atoms with Crippen LogP contribution in [0.1, 0.15) is 30.5 Å². The molecule has 8 rings (SSSR count). The molecule has 0 spiro atoms. The van der Waals surface area contributed by atoms with Gasteiger partial charge in [0, 0.05) is 29.4 Å². The first kappa shape index (κ1) is 28.1. The molecule has 3 aliphatic heterocycles. The predicted molar refractivity (Wildman–Crippen MR) is 188 cm³/mol. The molecular formula is C39H37N7. The number of para-hydroxylation sites is 3. The number of allylic oxidation sites excluding steroid dienone is 1. The monoisotopic (exact) mass is 603 g/mol. The minimum atomic E-state index is -0.587. The number of aryl methyl sites for hydroxylation is 1. The molecule has 1 aromatic heterocycles. The summed E-state index contributed by atoms with van der Waals surface area (Å²) in [6.45, 7) is 11.5. The van der Waals surface area contributed by atoms with Crippen LogP contribution in [0.5, 0.6) is 0 Å². The molecule has 0 amide bonds. The zero-order chi connectivity index (χ0) is 31.6. The second kappa shape index (κ2) is 10.3. The summed E-state index contributed by atoms with van der Waals surface area (Å²) in [5.41, 5.74) is 6.59. The van der Waals surface area contributed by atoms with Gasteiger partial charge in [-0.1, -0.05) is 105 Å².